The van der Waals surface area contributed by atoms with E-state index in [1.807, 2.05) is 0 Å². The van der Waals surface area contributed by atoms with Crippen LogP contribution >= 0.6 is 7.82 Å². The third-order valence-corrected chi connectivity index (χ3v) is 2.24. The van der Waals surface area contributed by atoms with Crippen molar-refractivity contribution in [3.05, 3.63) is 32.6 Å². The van der Waals surface area contributed by atoms with Gasteiger partial charge >= 0.3 is 13.5 Å². The quantitative estimate of drug-likeness (QED) is 0.480. The van der Waals surface area contributed by atoms with Crippen LogP contribution in [0.1, 0.15) is 33.2 Å². The molecule has 4 N–H and O–H groups in total. The normalized spacial score (nSPS) is 49.3. The summed E-state index contributed by atoms with van der Waals surface area (Å²) >= 11 is 0. The SMILES string of the molecule is [2H]O[C@@]1([2H])C([2H])([2H])[C@]([2H])(n2c([2H])c(C([2H])([2H])[2H])c(=O)n([2H])c2=O)O[C@]1([2H])C([2H])([2H])OP(=O)(O)O. The Kier molecular flexibility index (Phi) is 1.69. The molecule has 2 rings (SSSR count). The number of nitrogens with zero attached hydrogens (tertiary/aromatic N) is 1. The second-order valence-electron chi connectivity index (χ2n) is 3.40. The van der Waals surface area contributed by atoms with E-state index in [1.165, 1.54) is 0 Å². The number of phosphoric acid groups is 1. The van der Waals surface area contributed by atoms with Crippen molar-refractivity contribution in [2.24, 2.45) is 0 Å². The molecular formula is C10H15N2O8P. The van der Waals surface area contributed by atoms with Crippen molar-refractivity contribution in [2.45, 2.75) is 31.6 Å². The van der Waals surface area contributed by atoms with Crippen molar-refractivity contribution >= 4 is 7.82 Å². The highest BCUT2D eigenvalue weighted by Crippen LogP contribution is 2.38. The molecule has 21 heavy (non-hydrogen) atoms. The molecule has 0 aromatic carbocycles. The fourth-order valence-corrected chi connectivity index (χ4v) is 1.33. The number of nitrogens with one attached hydrogen (secondary N) is 1. The Hall–Kier alpha value is -1.29. The molecule has 0 saturated carbocycles. The number of hydrogen-bond donors (Lipinski definition) is 4. The Morgan fingerprint density at radius 1 is 1.90 bits per heavy atom. The van der Waals surface area contributed by atoms with E-state index in [-0.39, 0.29) is 0 Å². The molecule has 3 atom stereocenters. The summed E-state index contributed by atoms with van der Waals surface area (Å²) in [5.41, 5.74) is -5.60. The molecule has 1 aliphatic rings. The third-order valence-electron chi connectivity index (χ3n) is 1.91. The van der Waals surface area contributed by atoms with Gasteiger partial charge in [-0.15, -0.1) is 0 Å². The number of H-pyrrole nitrogens is 1. The molecule has 1 aromatic heterocycles. The Morgan fingerprint density at radius 2 is 2.67 bits per heavy atom. The zero-order valence-electron chi connectivity index (χ0n) is 22.7. The highest BCUT2D eigenvalue weighted by Gasteiger charge is 2.37. The van der Waals surface area contributed by atoms with Gasteiger partial charge in [0, 0.05) is 25.0 Å². The van der Waals surface area contributed by atoms with Crippen LogP contribution in [0.3, 0.4) is 0 Å². The monoisotopic (exact) mass is 335 g/mol. The van der Waals surface area contributed by atoms with Crippen LogP contribution in [0.25, 0.3) is 0 Å². The lowest BCUT2D eigenvalue weighted by Crippen LogP contribution is -2.33. The molecule has 1 aliphatic heterocycles. The lowest BCUT2D eigenvalue weighted by atomic mass is 10.2. The highest BCUT2D eigenvalue weighted by atomic mass is 31.2. The van der Waals surface area contributed by atoms with Gasteiger partial charge in [-0.1, -0.05) is 0 Å². The molecule has 0 amide bonds. The van der Waals surface area contributed by atoms with Gasteiger partial charge in [0.2, 0.25) is 1.43 Å². The topological polar surface area (TPSA) is 151 Å². The van der Waals surface area contributed by atoms with Gasteiger partial charge in [0.05, 0.1) is 20.9 Å². The Morgan fingerprint density at radius 3 is 3.29 bits per heavy atom. The van der Waals surface area contributed by atoms with Crippen LogP contribution in [0, 0.1) is 6.85 Å². The lowest BCUT2D eigenvalue weighted by molar-refractivity contribution is -0.0451. The molecule has 11 heteroatoms. The van der Waals surface area contributed by atoms with Crippen molar-refractivity contribution in [1.29, 1.82) is 1.43 Å². The summed E-state index contributed by atoms with van der Waals surface area (Å²) in [7, 11) is -5.88. The van der Waals surface area contributed by atoms with Gasteiger partial charge in [0.15, 0.2) is 1.41 Å². The lowest BCUT2D eigenvalue weighted by Gasteiger charge is -2.16. The van der Waals surface area contributed by atoms with Crippen molar-refractivity contribution in [1.82, 2.24) is 9.54 Å². The van der Waals surface area contributed by atoms with Gasteiger partial charge in [-0.25, -0.2) is 9.36 Å². The first kappa shape index (κ1) is 6.07. The van der Waals surface area contributed by atoms with Gasteiger partial charge in [0.1, 0.15) is 12.3 Å². The fraction of sp³-hybridized carbons (Fsp3) is 0.600. The number of aromatic nitrogens is 2. The molecule has 2 heterocycles. The second-order valence-corrected chi connectivity index (χ2v) is 4.56. The van der Waals surface area contributed by atoms with E-state index in [0.717, 1.165) is 0 Å². The molecule has 10 nitrogen and oxygen atoms in total. The Labute approximate surface area is 136 Å². The van der Waals surface area contributed by atoms with Crippen LogP contribution in [-0.4, -0.2) is 44.6 Å². The summed E-state index contributed by atoms with van der Waals surface area (Å²) in [6.07, 6.45) is -18.4. The third kappa shape index (κ3) is 3.88. The van der Waals surface area contributed by atoms with Gasteiger partial charge in [0.25, 0.3) is 5.56 Å². The molecule has 1 fully saturated rings. The maximum atomic E-state index is 12.6. The van der Waals surface area contributed by atoms with Gasteiger partial charge < -0.3 is 19.6 Å². The molecule has 1 aromatic rings. The number of ether oxygens (including phenoxy) is 1. The smallest absolute Gasteiger partial charge is 0.390 e. The van der Waals surface area contributed by atoms with Gasteiger partial charge in [-0.05, 0) is 6.85 Å². The summed E-state index contributed by atoms with van der Waals surface area (Å²) in [4.78, 5) is 41.8. The Balaban J connectivity index is 3.04. The standard InChI is InChI=1S/C10H15N2O8P/c1-5-3-12(10(15)11-9(5)14)8-2-6(13)7(20-8)4-19-21(16,17)18/h3,6-8,13H,2,4H2,1H3,(H,11,14,15)(H2,16,17,18)/t6-,7+,8+/m0/s1/i1D3,2D2,3D,4D2,6D,7D,8D,13D/hD. The van der Waals surface area contributed by atoms with E-state index >= 15 is 0 Å². The molecule has 0 aliphatic carbocycles. The highest BCUT2D eigenvalue weighted by molar-refractivity contribution is 7.46. The zero-order valence-corrected chi connectivity index (χ0v) is 10.6. The molecule has 0 spiro atoms. The first-order valence-corrected chi connectivity index (χ1v) is 6.39. The van der Waals surface area contributed by atoms with E-state index < -0.39 is 78.5 Å². The molecule has 1 saturated heterocycles. The van der Waals surface area contributed by atoms with E-state index in [1.54, 1.807) is 0 Å². The van der Waals surface area contributed by atoms with Crippen molar-refractivity contribution in [3.8, 4) is 0 Å². The van der Waals surface area contributed by atoms with Crippen LogP contribution in [0.2, 0.25) is 1.41 Å². The number of rotatable bonds is 5. The van der Waals surface area contributed by atoms with Crippen LogP contribution in [0.5, 0.6) is 0 Å². The number of aliphatic hydroxyl groups is 1. The van der Waals surface area contributed by atoms with E-state index in [9.17, 15) is 14.2 Å². The largest absolute Gasteiger partial charge is 0.469 e. The molecular weight excluding hydrogens is 307 g/mol. The minimum Gasteiger partial charge on any atom is -0.390 e. The maximum Gasteiger partial charge on any atom is 0.469 e. The predicted molar refractivity (Wildman–Crippen MR) is 68.6 cm³/mol. The summed E-state index contributed by atoms with van der Waals surface area (Å²) in [6, 6.07) is 0. The molecule has 118 valence electrons. The summed E-state index contributed by atoms with van der Waals surface area (Å²) in [6.45, 7) is -7.81. The summed E-state index contributed by atoms with van der Waals surface area (Å²) in [5, 5.41) is 3.81. The van der Waals surface area contributed by atoms with Crippen LogP contribution < -0.4 is 11.2 Å². The van der Waals surface area contributed by atoms with Gasteiger partial charge in [-0.3, -0.25) is 18.9 Å². The minimum absolute atomic E-state index is 0.616. The molecule has 0 bridgehead atoms. The van der Waals surface area contributed by atoms with Crippen LogP contribution in [0.4, 0.5) is 0 Å². The average molecular weight is 335 g/mol. The first-order chi connectivity index (χ1) is 14.9. The molecule has 0 unspecified atom stereocenters. The first-order valence-electron chi connectivity index (χ1n) is 11.2. The fourth-order valence-electron chi connectivity index (χ4n) is 1.13. The number of hydrogen-bond acceptors (Lipinski definition) is 6. The predicted octanol–water partition coefficient (Wildman–Crippen LogP) is -1.40. The minimum atomic E-state index is -5.88. The summed E-state index contributed by atoms with van der Waals surface area (Å²) in [5.74, 6) is 0. The summed E-state index contributed by atoms with van der Waals surface area (Å²) < 4.78 is 120. The van der Waals surface area contributed by atoms with Crippen molar-refractivity contribution < 1.29 is 45.2 Å². The average Bonchev–Trinajstić information content (AvgIpc) is 2.73. The van der Waals surface area contributed by atoms with E-state index in [0.29, 0.717) is 0 Å². The van der Waals surface area contributed by atoms with Crippen LogP contribution in [-0.2, 0) is 13.8 Å². The number of aromatic amines is 1. The van der Waals surface area contributed by atoms with Crippen molar-refractivity contribution in [3.63, 3.8) is 0 Å². The maximum absolute atomic E-state index is 12.6. The van der Waals surface area contributed by atoms with Crippen molar-refractivity contribution in [2.75, 3.05) is 6.56 Å². The second kappa shape index (κ2) is 5.84. The van der Waals surface area contributed by atoms with E-state index in [2.05, 4.69) is 14.4 Å². The van der Waals surface area contributed by atoms with Crippen LogP contribution in [0.15, 0.2) is 15.8 Å². The Bertz CT molecular complexity index is 1180. The van der Waals surface area contributed by atoms with E-state index in [4.69, 9.17) is 27.7 Å². The zero-order chi connectivity index (χ0) is 27.1. The molecule has 0 radical (unpaired) electrons. The van der Waals surface area contributed by atoms with Gasteiger partial charge in [-0.2, -0.15) is 0 Å². The number of phosphoric ester groups is 1.